The average Bonchev–Trinajstić information content (AvgIpc) is 2.83. The molecule has 0 fully saturated rings. The van der Waals surface area contributed by atoms with Crippen molar-refractivity contribution in [3.63, 3.8) is 0 Å². The second-order valence-corrected chi connectivity index (χ2v) is 7.55. The van der Waals surface area contributed by atoms with Gasteiger partial charge in [0.05, 0.1) is 25.9 Å². The lowest BCUT2D eigenvalue weighted by Gasteiger charge is -2.14. The largest absolute Gasteiger partial charge is 0.508 e. The Kier molecular flexibility index (Phi) is 9.53. The van der Waals surface area contributed by atoms with E-state index >= 15 is 0 Å². The van der Waals surface area contributed by atoms with Gasteiger partial charge in [-0.2, -0.15) is 0 Å². The van der Waals surface area contributed by atoms with Crippen molar-refractivity contribution in [3.05, 3.63) is 95.1 Å². The van der Waals surface area contributed by atoms with Crippen LogP contribution in [0.25, 0.3) is 0 Å². The van der Waals surface area contributed by atoms with E-state index < -0.39 is 6.10 Å². The minimum atomic E-state index is -0.708. The zero-order chi connectivity index (χ0) is 22.6. The number of aliphatic hydroxyl groups excluding tert-OH is 2. The van der Waals surface area contributed by atoms with Crippen LogP contribution in [-0.2, 0) is 24.4 Å². The molecule has 0 radical (unpaired) electrons. The van der Waals surface area contributed by atoms with Crippen molar-refractivity contribution in [2.75, 3.05) is 26.3 Å². The van der Waals surface area contributed by atoms with Crippen molar-refractivity contribution in [3.8, 4) is 11.5 Å². The Balaban J connectivity index is 1.30. The molecule has 0 saturated carbocycles. The van der Waals surface area contributed by atoms with Crippen molar-refractivity contribution in [2.24, 2.45) is 0 Å². The smallest absolute Gasteiger partial charge is 0.121 e. The minimum Gasteiger partial charge on any atom is -0.508 e. The minimum absolute atomic E-state index is 0.0311. The number of ether oxygens (including phenoxy) is 2. The Labute approximate surface area is 189 Å². The molecule has 0 heterocycles. The Morgan fingerprint density at radius 3 is 2.41 bits per heavy atom. The molecule has 0 spiro atoms. The van der Waals surface area contributed by atoms with Gasteiger partial charge in [0.15, 0.2) is 0 Å². The zero-order valence-corrected chi connectivity index (χ0v) is 18.1. The van der Waals surface area contributed by atoms with Crippen molar-refractivity contribution < 1.29 is 24.8 Å². The summed E-state index contributed by atoms with van der Waals surface area (Å²) in [6, 6.07) is 22.8. The monoisotopic (exact) mass is 437 g/mol. The number of rotatable bonds is 13. The number of hydrogen-bond acceptors (Lipinski definition) is 6. The quantitative estimate of drug-likeness (QED) is 0.307. The maximum Gasteiger partial charge on any atom is 0.121 e. The first-order chi connectivity index (χ1) is 15.7. The fourth-order valence-corrected chi connectivity index (χ4v) is 3.26. The van der Waals surface area contributed by atoms with Crippen molar-refractivity contribution in [2.45, 2.75) is 25.7 Å². The highest BCUT2D eigenvalue weighted by Crippen LogP contribution is 2.22. The summed E-state index contributed by atoms with van der Waals surface area (Å²) in [5.74, 6) is 0.844. The molecule has 1 unspecified atom stereocenters. The molecule has 32 heavy (non-hydrogen) atoms. The van der Waals surface area contributed by atoms with Gasteiger partial charge in [-0.3, -0.25) is 0 Å². The summed E-state index contributed by atoms with van der Waals surface area (Å²) in [5.41, 5.74) is 3.39. The number of aliphatic hydroxyl groups is 2. The van der Waals surface area contributed by atoms with Gasteiger partial charge in [-0.25, -0.2) is 0 Å². The van der Waals surface area contributed by atoms with E-state index in [1.54, 1.807) is 12.1 Å². The Morgan fingerprint density at radius 2 is 1.66 bits per heavy atom. The first kappa shape index (κ1) is 23.8. The van der Waals surface area contributed by atoms with E-state index in [2.05, 4.69) is 5.32 Å². The highest BCUT2D eigenvalue weighted by atomic mass is 16.5. The van der Waals surface area contributed by atoms with E-state index in [0.717, 1.165) is 24.3 Å². The van der Waals surface area contributed by atoms with Gasteiger partial charge in [0.25, 0.3) is 0 Å². The molecule has 6 heteroatoms. The summed E-state index contributed by atoms with van der Waals surface area (Å²) in [6.45, 7) is 2.46. The molecule has 0 aromatic heterocycles. The molecule has 3 aromatic rings. The van der Waals surface area contributed by atoms with Crippen LogP contribution in [0.5, 0.6) is 11.5 Å². The van der Waals surface area contributed by atoms with Crippen LogP contribution in [0, 0.1) is 0 Å². The number of hydrogen-bond donors (Lipinski definition) is 4. The maximum absolute atomic E-state index is 10.3. The summed E-state index contributed by atoms with van der Waals surface area (Å²) < 4.78 is 11.3. The standard InChI is InChI=1S/C26H31NO5/c28-18-23-16-22(8-11-25(23)29)26(30)17-27-13-12-20-6-9-24(10-7-20)32-15-14-31-19-21-4-2-1-3-5-21/h1-11,16,26-30H,12-15,17-19H2. The lowest BCUT2D eigenvalue weighted by atomic mass is 10.1. The molecule has 0 aliphatic rings. The average molecular weight is 438 g/mol. The zero-order valence-electron chi connectivity index (χ0n) is 18.1. The third-order valence-corrected chi connectivity index (χ3v) is 5.12. The lowest BCUT2D eigenvalue weighted by Crippen LogP contribution is -2.23. The molecular formula is C26H31NO5. The van der Waals surface area contributed by atoms with Crippen molar-refractivity contribution in [1.82, 2.24) is 5.32 Å². The van der Waals surface area contributed by atoms with Crippen LogP contribution in [0.1, 0.15) is 28.4 Å². The summed E-state index contributed by atoms with van der Waals surface area (Å²) >= 11 is 0. The maximum atomic E-state index is 10.3. The molecule has 4 N–H and O–H groups in total. The van der Waals surface area contributed by atoms with E-state index in [-0.39, 0.29) is 12.4 Å². The third-order valence-electron chi connectivity index (χ3n) is 5.12. The highest BCUT2D eigenvalue weighted by Gasteiger charge is 2.10. The first-order valence-electron chi connectivity index (χ1n) is 10.8. The predicted molar refractivity (Wildman–Crippen MR) is 124 cm³/mol. The summed E-state index contributed by atoms with van der Waals surface area (Å²) in [7, 11) is 0. The molecule has 170 valence electrons. The fourth-order valence-electron chi connectivity index (χ4n) is 3.26. The molecule has 0 saturated heterocycles. The first-order valence-corrected chi connectivity index (χ1v) is 10.8. The van der Waals surface area contributed by atoms with Crippen LogP contribution in [-0.4, -0.2) is 41.6 Å². The number of benzene rings is 3. The molecule has 0 aliphatic heterocycles. The van der Waals surface area contributed by atoms with E-state index in [1.807, 2.05) is 54.6 Å². The van der Waals surface area contributed by atoms with E-state index in [9.17, 15) is 15.3 Å². The second-order valence-electron chi connectivity index (χ2n) is 7.55. The van der Waals surface area contributed by atoms with Gasteiger partial charge < -0.3 is 30.1 Å². The molecule has 3 aromatic carbocycles. The van der Waals surface area contributed by atoms with Gasteiger partial charge in [0.2, 0.25) is 0 Å². The number of nitrogens with one attached hydrogen (secondary N) is 1. The normalized spacial score (nSPS) is 11.9. The Bertz CT molecular complexity index is 931. The summed E-state index contributed by atoms with van der Waals surface area (Å²) in [6.07, 6.45) is 0.116. The van der Waals surface area contributed by atoms with Crippen molar-refractivity contribution in [1.29, 1.82) is 0 Å². The lowest BCUT2D eigenvalue weighted by molar-refractivity contribution is 0.0889. The van der Waals surface area contributed by atoms with Gasteiger partial charge in [0.1, 0.15) is 18.1 Å². The van der Waals surface area contributed by atoms with Crippen LogP contribution >= 0.6 is 0 Å². The molecule has 0 bridgehead atoms. The van der Waals surface area contributed by atoms with Gasteiger partial charge >= 0.3 is 0 Å². The number of phenols is 1. The van der Waals surface area contributed by atoms with Gasteiger partial charge in [-0.15, -0.1) is 0 Å². The Morgan fingerprint density at radius 1 is 0.875 bits per heavy atom. The fraction of sp³-hybridized carbons (Fsp3) is 0.308. The second kappa shape index (κ2) is 12.8. The molecule has 0 amide bonds. The summed E-state index contributed by atoms with van der Waals surface area (Å²) in [5, 5.41) is 32.4. The molecule has 3 rings (SSSR count). The molecule has 1 atom stereocenters. The van der Waals surface area contributed by atoms with Crippen LogP contribution in [0.15, 0.2) is 72.8 Å². The SMILES string of the molecule is OCc1cc(C(O)CNCCc2ccc(OCCOCc3ccccc3)cc2)ccc1O. The van der Waals surface area contributed by atoms with E-state index in [1.165, 1.54) is 11.6 Å². The molecular weight excluding hydrogens is 406 g/mol. The van der Waals surface area contributed by atoms with Crippen LogP contribution < -0.4 is 10.1 Å². The van der Waals surface area contributed by atoms with Crippen molar-refractivity contribution >= 4 is 0 Å². The van der Waals surface area contributed by atoms with Crippen LogP contribution in [0.2, 0.25) is 0 Å². The molecule has 0 aliphatic carbocycles. The van der Waals surface area contributed by atoms with E-state index in [0.29, 0.717) is 37.5 Å². The van der Waals surface area contributed by atoms with Gasteiger partial charge in [-0.1, -0.05) is 48.5 Å². The predicted octanol–water partition coefficient (Wildman–Crippen LogP) is 3.35. The Hall–Kier alpha value is -2.90. The van der Waals surface area contributed by atoms with Crippen LogP contribution in [0.3, 0.4) is 0 Å². The van der Waals surface area contributed by atoms with Crippen LogP contribution in [0.4, 0.5) is 0 Å². The third kappa shape index (κ3) is 7.66. The van der Waals surface area contributed by atoms with E-state index in [4.69, 9.17) is 9.47 Å². The van der Waals surface area contributed by atoms with Gasteiger partial charge in [-0.05, 0) is 53.9 Å². The van der Waals surface area contributed by atoms with Gasteiger partial charge in [0, 0.05) is 12.1 Å². The highest BCUT2D eigenvalue weighted by molar-refractivity contribution is 5.36. The topological polar surface area (TPSA) is 91.2 Å². The summed E-state index contributed by atoms with van der Waals surface area (Å²) in [4.78, 5) is 0. The molecule has 6 nitrogen and oxygen atoms in total. The number of aromatic hydroxyl groups is 1.